The van der Waals surface area contributed by atoms with Crippen molar-refractivity contribution in [2.24, 2.45) is 0 Å². The van der Waals surface area contributed by atoms with E-state index in [9.17, 15) is 0 Å². The van der Waals surface area contributed by atoms with Crippen molar-refractivity contribution in [3.05, 3.63) is 35.4 Å². The molecule has 1 atom stereocenters. The molecule has 1 heterocycles. The summed E-state index contributed by atoms with van der Waals surface area (Å²) in [6.45, 7) is 8.23. The van der Waals surface area contributed by atoms with Crippen molar-refractivity contribution in [3.8, 4) is 0 Å². The van der Waals surface area contributed by atoms with Gasteiger partial charge in [-0.15, -0.1) is 0 Å². The van der Waals surface area contributed by atoms with E-state index in [1.165, 1.54) is 43.6 Å². The quantitative estimate of drug-likeness (QED) is 0.729. The predicted octanol–water partition coefficient (Wildman–Crippen LogP) is 3.19. The average molecular weight is 203 g/mol. The van der Waals surface area contributed by atoms with Gasteiger partial charge in [-0.2, -0.15) is 0 Å². The van der Waals surface area contributed by atoms with Gasteiger partial charge in [-0.05, 0) is 44.3 Å². The molecule has 0 radical (unpaired) electrons. The van der Waals surface area contributed by atoms with E-state index in [0.29, 0.717) is 0 Å². The SMILES string of the molecule is CCCN1CCC(c2ccc(C)cc2)C1. The molecule has 1 unspecified atom stereocenters. The highest BCUT2D eigenvalue weighted by Gasteiger charge is 2.22. The van der Waals surface area contributed by atoms with Gasteiger partial charge in [0, 0.05) is 6.54 Å². The lowest BCUT2D eigenvalue weighted by Crippen LogP contribution is -2.20. The summed E-state index contributed by atoms with van der Waals surface area (Å²) in [6, 6.07) is 9.07. The van der Waals surface area contributed by atoms with E-state index in [1.54, 1.807) is 0 Å². The molecular formula is C14H21N. The van der Waals surface area contributed by atoms with Crippen molar-refractivity contribution < 1.29 is 0 Å². The molecule has 1 aliphatic heterocycles. The second kappa shape index (κ2) is 4.80. The van der Waals surface area contributed by atoms with Crippen LogP contribution in [0.15, 0.2) is 24.3 Å². The number of hydrogen-bond donors (Lipinski definition) is 0. The Morgan fingerprint density at radius 1 is 1.27 bits per heavy atom. The minimum absolute atomic E-state index is 0.775. The summed E-state index contributed by atoms with van der Waals surface area (Å²) in [6.07, 6.45) is 2.61. The Kier molecular flexibility index (Phi) is 3.42. The van der Waals surface area contributed by atoms with Gasteiger partial charge in [0.2, 0.25) is 0 Å². The molecule has 0 aliphatic carbocycles. The Hall–Kier alpha value is -0.820. The Labute approximate surface area is 93.1 Å². The molecule has 0 aromatic heterocycles. The highest BCUT2D eigenvalue weighted by molar-refractivity contribution is 5.25. The minimum Gasteiger partial charge on any atom is -0.303 e. The van der Waals surface area contributed by atoms with Crippen molar-refractivity contribution in [1.29, 1.82) is 0 Å². The summed E-state index contributed by atoms with van der Waals surface area (Å²) in [5.41, 5.74) is 2.89. The molecular weight excluding hydrogens is 182 g/mol. The molecule has 0 spiro atoms. The lowest BCUT2D eigenvalue weighted by atomic mass is 9.98. The predicted molar refractivity (Wildman–Crippen MR) is 65.3 cm³/mol. The first-order chi connectivity index (χ1) is 7.29. The van der Waals surface area contributed by atoms with Gasteiger partial charge in [0.1, 0.15) is 0 Å². The van der Waals surface area contributed by atoms with E-state index < -0.39 is 0 Å². The fourth-order valence-electron chi connectivity index (χ4n) is 2.46. The van der Waals surface area contributed by atoms with Crippen LogP contribution >= 0.6 is 0 Å². The van der Waals surface area contributed by atoms with Gasteiger partial charge >= 0.3 is 0 Å². The average Bonchev–Trinajstić information content (AvgIpc) is 2.68. The molecule has 1 nitrogen and oxygen atoms in total. The fourth-order valence-corrected chi connectivity index (χ4v) is 2.46. The molecule has 1 fully saturated rings. The maximum Gasteiger partial charge on any atom is 0.00507 e. The zero-order chi connectivity index (χ0) is 10.7. The molecule has 0 saturated carbocycles. The summed E-state index contributed by atoms with van der Waals surface area (Å²) in [7, 11) is 0. The van der Waals surface area contributed by atoms with Crippen LogP contribution < -0.4 is 0 Å². The molecule has 1 heteroatoms. The third-order valence-corrected chi connectivity index (χ3v) is 3.36. The third kappa shape index (κ3) is 2.60. The lowest BCUT2D eigenvalue weighted by Gasteiger charge is -2.14. The van der Waals surface area contributed by atoms with Crippen molar-refractivity contribution in [1.82, 2.24) is 4.90 Å². The van der Waals surface area contributed by atoms with Crippen LogP contribution in [0, 0.1) is 6.92 Å². The molecule has 2 rings (SSSR count). The fraction of sp³-hybridized carbons (Fsp3) is 0.571. The first-order valence-electron chi connectivity index (χ1n) is 6.08. The number of hydrogen-bond acceptors (Lipinski definition) is 1. The number of likely N-dealkylation sites (tertiary alicyclic amines) is 1. The highest BCUT2D eigenvalue weighted by atomic mass is 15.1. The van der Waals surface area contributed by atoms with Gasteiger partial charge in [-0.1, -0.05) is 36.8 Å². The lowest BCUT2D eigenvalue weighted by molar-refractivity contribution is 0.335. The first kappa shape index (κ1) is 10.7. The normalized spacial score (nSPS) is 22.1. The van der Waals surface area contributed by atoms with Crippen molar-refractivity contribution in [3.63, 3.8) is 0 Å². The van der Waals surface area contributed by atoms with Gasteiger partial charge < -0.3 is 4.90 Å². The molecule has 0 bridgehead atoms. The Bertz CT molecular complexity index is 302. The summed E-state index contributed by atoms with van der Waals surface area (Å²) < 4.78 is 0. The molecule has 82 valence electrons. The van der Waals surface area contributed by atoms with E-state index in [4.69, 9.17) is 0 Å². The molecule has 1 saturated heterocycles. The smallest absolute Gasteiger partial charge is 0.00507 e. The van der Waals surface area contributed by atoms with E-state index in [1.807, 2.05) is 0 Å². The first-order valence-corrected chi connectivity index (χ1v) is 6.08. The van der Waals surface area contributed by atoms with Crippen molar-refractivity contribution in [2.75, 3.05) is 19.6 Å². The van der Waals surface area contributed by atoms with E-state index in [0.717, 1.165) is 5.92 Å². The summed E-state index contributed by atoms with van der Waals surface area (Å²) in [5.74, 6) is 0.775. The highest BCUT2D eigenvalue weighted by Crippen LogP contribution is 2.27. The monoisotopic (exact) mass is 203 g/mol. The van der Waals surface area contributed by atoms with Crippen LogP contribution in [0.1, 0.15) is 36.8 Å². The maximum atomic E-state index is 2.59. The summed E-state index contributed by atoms with van der Waals surface area (Å²) in [5, 5.41) is 0. The van der Waals surface area contributed by atoms with Gasteiger partial charge in [-0.25, -0.2) is 0 Å². The number of rotatable bonds is 3. The number of aryl methyl sites for hydroxylation is 1. The standard InChI is InChI=1S/C14H21N/c1-3-9-15-10-8-14(11-15)13-6-4-12(2)5-7-13/h4-7,14H,3,8-11H2,1-2H3. The van der Waals surface area contributed by atoms with Crippen LogP contribution in [0.4, 0.5) is 0 Å². The number of benzene rings is 1. The van der Waals surface area contributed by atoms with Crippen LogP contribution in [-0.4, -0.2) is 24.5 Å². The van der Waals surface area contributed by atoms with Crippen molar-refractivity contribution in [2.45, 2.75) is 32.6 Å². The Balaban J connectivity index is 1.98. The van der Waals surface area contributed by atoms with Crippen LogP contribution in [0.5, 0.6) is 0 Å². The zero-order valence-corrected chi connectivity index (χ0v) is 9.87. The summed E-state index contributed by atoms with van der Waals surface area (Å²) >= 11 is 0. The van der Waals surface area contributed by atoms with Gasteiger partial charge in [-0.3, -0.25) is 0 Å². The zero-order valence-electron chi connectivity index (χ0n) is 9.87. The molecule has 1 aliphatic rings. The van der Waals surface area contributed by atoms with Crippen molar-refractivity contribution >= 4 is 0 Å². The molecule has 1 aromatic rings. The molecule has 0 N–H and O–H groups in total. The van der Waals surface area contributed by atoms with E-state index in [-0.39, 0.29) is 0 Å². The topological polar surface area (TPSA) is 3.24 Å². The third-order valence-electron chi connectivity index (χ3n) is 3.36. The second-order valence-corrected chi connectivity index (χ2v) is 4.70. The molecule has 1 aromatic carbocycles. The maximum absolute atomic E-state index is 2.59. The van der Waals surface area contributed by atoms with Crippen LogP contribution in [0.2, 0.25) is 0 Å². The Morgan fingerprint density at radius 3 is 2.67 bits per heavy atom. The van der Waals surface area contributed by atoms with E-state index in [2.05, 4.69) is 43.0 Å². The largest absolute Gasteiger partial charge is 0.303 e. The minimum atomic E-state index is 0.775. The molecule has 15 heavy (non-hydrogen) atoms. The van der Waals surface area contributed by atoms with E-state index >= 15 is 0 Å². The number of nitrogens with zero attached hydrogens (tertiary/aromatic N) is 1. The van der Waals surface area contributed by atoms with Gasteiger partial charge in [0.25, 0.3) is 0 Å². The Morgan fingerprint density at radius 2 is 2.00 bits per heavy atom. The second-order valence-electron chi connectivity index (χ2n) is 4.70. The van der Waals surface area contributed by atoms with Crippen LogP contribution in [0.3, 0.4) is 0 Å². The molecule has 0 amide bonds. The van der Waals surface area contributed by atoms with Gasteiger partial charge in [0.05, 0.1) is 0 Å². The van der Waals surface area contributed by atoms with Gasteiger partial charge in [0.15, 0.2) is 0 Å². The van der Waals surface area contributed by atoms with Crippen LogP contribution in [0.25, 0.3) is 0 Å². The summed E-state index contributed by atoms with van der Waals surface area (Å²) in [4.78, 5) is 2.59. The van der Waals surface area contributed by atoms with Crippen LogP contribution in [-0.2, 0) is 0 Å².